The van der Waals surface area contributed by atoms with Crippen LogP contribution >= 0.6 is 11.3 Å². The third-order valence-electron chi connectivity index (χ3n) is 2.57. The largest absolute Gasteiger partial charge is 0.394 e. The maximum atomic E-state index is 10.9. The van der Waals surface area contributed by atoms with Crippen molar-refractivity contribution in [1.29, 1.82) is 0 Å². The standard InChI is InChI=1S/C9H12N2O5S/c10-8(15)9-11-3(2-17-9)7-6(14)5(13)4(1-12)16-7/h2,4-7,12-14H,1H2,(H2,10,15). The number of rotatable bonds is 3. The van der Waals surface area contributed by atoms with Crippen molar-refractivity contribution in [2.75, 3.05) is 6.61 Å². The molecule has 17 heavy (non-hydrogen) atoms. The Hall–Kier alpha value is -1.06. The van der Waals surface area contributed by atoms with E-state index < -0.39 is 36.9 Å². The second-order valence-corrected chi connectivity index (χ2v) is 4.56. The van der Waals surface area contributed by atoms with E-state index in [0.29, 0.717) is 5.69 Å². The molecule has 1 saturated heterocycles. The molecule has 5 N–H and O–H groups in total. The van der Waals surface area contributed by atoms with Crippen LogP contribution in [-0.4, -0.2) is 51.1 Å². The Morgan fingerprint density at radius 1 is 1.53 bits per heavy atom. The molecule has 1 aliphatic heterocycles. The molecule has 7 nitrogen and oxygen atoms in total. The van der Waals surface area contributed by atoms with Crippen molar-refractivity contribution in [2.45, 2.75) is 24.4 Å². The van der Waals surface area contributed by atoms with Crippen molar-refractivity contribution in [1.82, 2.24) is 4.98 Å². The first kappa shape index (κ1) is 12.4. The van der Waals surface area contributed by atoms with Gasteiger partial charge < -0.3 is 25.8 Å². The van der Waals surface area contributed by atoms with E-state index in [2.05, 4.69) is 4.98 Å². The molecule has 1 aromatic heterocycles. The molecule has 8 heteroatoms. The lowest BCUT2D eigenvalue weighted by Crippen LogP contribution is -2.32. The first-order chi connectivity index (χ1) is 8.04. The number of nitrogens with two attached hydrogens (primary N) is 1. The zero-order valence-corrected chi connectivity index (χ0v) is 9.50. The Morgan fingerprint density at radius 2 is 2.24 bits per heavy atom. The minimum atomic E-state index is -1.19. The fraction of sp³-hybridized carbons (Fsp3) is 0.556. The zero-order valence-electron chi connectivity index (χ0n) is 8.68. The lowest BCUT2D eigenvalue weighted by atomic mass is 10.1. The van der Waals surface area contributed by atoms with Gasteiger partial charge >= 0.3 is 0 Å². The summed E-state index contributed by atoms with van der Waals surface area (Å²) in [5.41, 5.74) is 5.38. The summed E-state index contributed by atoms with van der Waals surface area (Å²) in [4.78, 5) is 14.8. The lowest BCUT2D eigenvalue weighted by molar-refractivity contribution is -0.0238. The Labute approximate surface area is 100 Å². The number of hydrogen-bond acceptors (Lipinski definition) is 7. The van der Waals surface area contributed by atoms with E-state index >= 15 is 0 Å². The van der Waals surface area contributed by atoms with Gasteiger partial charge in [-0.3, -0.25) is 4.79 Å². The van der Waals surface area contributed by atoms with E-state index in [1.54, 1.807) is 0 Å². The molecule has 1 fully saturated rings. The van der Waals surface area contributed by atoms with Crippen molar-refractivity contribution in [2.24, 2.45) is 5.73 Å². The Balaban J connectivity index is 2.19. The molecule has 1 aromatic rings. The third kappa shape index (κ3) is 2.17. The molecule has 0 bridgehead atoms. The molecule has 1 amide bonds. The molecular formula is C9H12N2O5S. The number of ether oxygens (including phenoxy) is 1. The molecule has 0 radical (unpaired) electrons. The average Bonchev–Trinajstić information content (AvgIpc) is 2.87. The summed E-state index contributed by atoms with van der Waals surface area (Å²) in [7, 11) is 0. The highest BCUT2D eigenvalue weighted by Gasteiger charge is 2.44. The second kappa shape index (κ2) is 4.67. The number of aliphatic hydroxyl groups excluding tert-OH is 3. The Bertz CT molecular complexity index is 423. The molecule has 4 unspecified atom stereocenters. The van der Waals surface area contributed by atoms with Crippen LogP contribution in [0.4, 0.5) is 0 Å². The van der Waals surface area contributed by atoms with Crippen molar-refractivity contribution in [3.8, 4) is 0 Å². The van der Waals surface area contributed by atoms with Gasteiger partial charge in [0.15, 0.2) is 5.01 Å². The minimum Gasteiger partial charge on any atom is -0.394 e. The number of aromatic nitrogens is 1. The fourth-order valence-electron chi connectivity index (χ4n) is 1.67. The predicted octanol–water partition coefficient (Wildman–Crippen LogP) is -1.60. The van der Waals surface area contributed by atoms with Crippen LogP contribution in [0, 0.1) is 0 Å². The lowest BCUT2D eigenvalue weighted by Gasteiger charge is -2.11. The zero-order chi connectivity index (χ0) is 12.6. The van der Waals surface area contributed by atoms with Gasteiger partial charge in [0.05, 0.1) is 12.3 Å². The molecule has 94 valence electrons. The molecule has 0 aliphatic carbocycles. The van der Waals surface area contributed by atoms with Crippen LogP contribution in [0.3, 0.4) is 0 Å². The monoisotopic (exact) mass is 260 g/mol. The second-order valence-electron chi connectivity index (χ2n) is 3.70. The van der Waals surface area contributed by atoms with Gasteiger partial charge in [0.25, 0.3) is 5.91 Å². The Kier molecular flexibility index (Phi) is 3.40. The highest BCUT2D eigenvalue weighted by Crippen LogP contribution is 2.33. The summed E-state index contributed by atoms with van der Waals surface area (Å²) in [5.74, 6) is -0.659. The summed E-state index contributed by atoms with van der Waals surface area (Å²) in [6, 6.07) is 0. The van der Waals surface area contributed by atoms with Crippen LogP contribution < -0.4 is 5.73 Å². The molecule has 0 spiro atoms. The summed E-state index contributed by atoms with van der Waals surface area (Å²) in [6.45, 7) is -0.401. The van der Waals surface area contributed by atoms with Gasteiger partial charge in [-0.15, -0.1) is 11.3 Å². The third-order valence-corrected chi connectivity index (χ3v) is 3.44. The van der Waals surface area contributed by atoms with Crippen molar-refractivity contribution in [3.63, 3.8) is 0 Å². The highest BCUT2D eigenvalue weighted by molar-refractivity contribution is 7.11. The molecule has 0 aromatic carbocycles. The fourth-order valence-corrected chi connectivity index (χ4v) is 2.37. The predicted molar refractivity (Wildman–Crippen MR) is 57.3 cm³/mol. The molecule has 1 aliphatic rings. The summed E-state index contributed by atoms with van der Waals surface area (Å²) in [6.07, 6.45) is -4.07. The van der Waals surface area contributed by atoms with Gasteiger partial charge in [0.1, 0.15) is 24.4 Å². The number of amides is 1. The van der Waals surface area contributed by atoms with Crippen molar-refractivity contribution >= 4 is 17.2 Å². The highest BCUT2D eigenvalue weighted by atomic mass is 32.1. The maximum absolute atomic E-state index is 10.9. The first-order valence-electron chi connectivity index (χ1n) is 4.92. The topological polar surface area (TPSA) is 126 Å². The van der Waals surface area contributed by atoms with Crippen molar-refractivity contribution in [3.05, 3.63) is 16.1 Å². The van der Waals surface area contributed by atoms with Gasteiger partial charge in [0.2, 0.25) is 0 Å². The smallest absolute Gasteiger partial charge is 0.277 e. The van der Waals surface area contributed by atoms with Gasteiger partial charge in [-0.05, 0) is 0 Å². The number of carbonyl (C=O) groups excluding carboxylic acids is 1. The number of thiazole rings is 1. The number of aliphatic hydroxyl groups is 3. The van der Waals surface area contributed by atoms with E-state index in [-0.39, 0.29) is 5.01 Å². The molecule has 2 heterocycles. The molecular weight excluding hydrogens is 248 g/mol. The van der Waals surface area contributed by atoms with Crippen LogP contribution in [0.2, 0.25) is 0 Å². The van der Waals surface area contributed by atoms with E-state index in [9.17, 15) is 15.0 Å². The van der Waals surface area contributed by atoms with Crippen LogP contribution in [-0.2, 0) is 4.74 Å². The summed E-state index contributed by atoms with van der Waals surface area (Å²) < 4.78 is 5.26. The molecule has 4 atom stereocenters. The number of nitrogens with zero attached hydrogens (tertiary/aromatic N) is 1. The van der Waals surface area contributed by atoms with Crippen molar-refractivity contribution < 1.29 is 24.9 Å². The minimum absolute atomic E-state index is 0.109. The van der Waals surface area contributed by atoms with E-state index in [1.165, 1.54) is 5.38 Å². The van der Waals surface area contributed by atoms with Gasteiger partial charge in [-0.2, -0.15) is 0 Å². The number of carbonyl (C=O) groups is 1. The SMILES string of the molecule is NC(=O)c1nc(C2OC(CO)C(O)C2O)cs1. The quantitative estimate of drug-likeness (QED) is 0.518. The van der Waals surface area contributed by atoms with E-state index in [0.717, 1.165) is 11.3 Å². The van der Waals surface area contributed by atoms with Crippen LogP contribution in [0.25, 0.3) is 0 Å². The number of primary amides is 1. The Morgan fingerprint density at radius 3 is 2.71 bits per heavy atom. The first-order valence-corrected chi connectivity index (χ1v) is 5.80. The maximum Gasteiger partial charge on any atom is 0.277 e. The normalized spacial score (nSPS) is 32.9. The summed E-state index contributed by atoms with van der Waals surface area (Å²) in [5, 5.41) is 29.8. The summed E-state index contributed by atoms with van der Waals surface area (Å²) >= 11 is 1.04. The number of hydrogen-bond donors (Lipinski definition) is 4. The molecule has 0 saturated carbocycles. The van der Waals surface area contributed by atoms with Gasteiger partial charge in [0, 0.05) is 5.38 Å². The van der Waals surface area contributed by atoms with E-state index in [4.69, 9.17) is 15.6 Å². The van der Waals surface area contributed by atoms with Crippen LogP contribution in [0.5, 0.6) is 0 Å². The van der Waals surface area contributed by atoms with Crippen LogP contribution in [0.15, 0.2) is 5.38 Å². The molecule has 2 rings (SSSR count). The van der Waals surface area contributed by atoms with E-state index in [1.807, 2.05) is 0 Å². The van der Waals surface area contributed by atoms with Gasteiger partial charge in [-0.25, -0.2) is 4.98 Å². The van der Waals surface area contributed by atoms with Crippen LogP contribution in [0.1, 0.15) is 21.6 Å². The van der Waals surface area contributed by atoms with Gasteiger partial charge in [-0.1, -0.05) is 0 Å². The average molecular weight is 260 g/mol.